The molecule has 0 bridgehead atoms. The van der Waals surface area contributed by atoms with Gasteiger partial charge < -0.3 is 9.80 Å². The molecule has 7 nitrogen and oxygen atoms in total. The third-order valence-electron chi connectivity index (χ3n) is 5.36. The largest absolute Gasteiger partial charge is 0.356 e. The number of aryl methyl sites for hydroxylation is 1. The molecule has 0 N–H and O–H groups in total. The van der Waals surface area contributed by atoms with Gasteiger partial charge >= 0.3 is 0 Å². The van der Waals surface area contributed by atoms with Crippen LogP contribution in [0.25, 0.3) is 0 Å². The van der Waals surface area contributed by atoms with Gasteiger partial charge in [0, 0.05) is 49.4 Å². The zero-order valence-electron chi connectivity index (χ0n) is 15.9. The van der Waals surface area contributed by atoms with E-state index in [4.69, 9.17) is 0 Å². The Balaban J connectivity index is 1.42. The molecule has 0 spiro atoms. The van der Waals surface area contributed by atoms with E-state index < -0.39 is 9.84 Å². The van der Waals surface area contributed by atoms with Gasteiger partial charge in [-0.25, -0.2) is 18.4 Å². The number of hydrogen-bond donors (Lipinski definition) is 0. The summed E-state index contributed by atoms with van der Waals surface area (Å²) in [6, 6.07) is 3.69. The van der Waals surface area contributed by atoms with Crippen LogP contribution in [0, 0.1) is 6.92 Å². The van der Waals surface area contributed by atoms with Crippen LogP contribution in [0.1, 0.15) is 39.8 Å². The van der Waals surface area contributed by atoms with Crippen LogP contribution in [0.5, 0.6) is 0 Å². The number of amides is 1. The summed E-state index contributed by atoms with van der Waals surface area (Å²) in [6.07, 6.45) is 3.84. The molecule has 2 fully saturated rings. The summed E-state index contributed by atoms with van der Waals surface area (Å²) >= 11 is 1.72. The predicted octanol–water partition coefficient (Wildman–Crippen LogP) is 2.10. The molecule has 0 saturated carbocycles. The molecule has 28 heavy (non-hydrogen) atoms. The van der Waals surface area contributed by atoms with Crippen LogP contribution in [-0.2, 0) is 9.84 Å². The van der Waals surface area contributed by atoms with Crippen molar-refractivity contribution in [3.8, 4) is 0 Å². The van der Waals surface area contributed by atoms with Gasteiger partial charge in [0.2, 0.25) is 0 Å². The molecule has 2 aromatic rings. The molecule has 1 atom stereocenters. The monoisotopic (exact) mass is 420 g/mol. The molecular formula is C19H24N4O3S2. The van der Waals surface area contributed by atoms with Crippen molar-refractivity contribution in [1.29, 1.82) is 0 Å². The first-order valence-electron chi connectivity index (χ1n) is 9.54. The second kappa shape index (κ2) is 7.79. The van der Waals surface area contributed by atoms with E-state index in [1.807, 2.05) is 13.0 Å². The first-order chi connectivity index (χ1) is 13.4. The van der Waals surface area contributed by atoms with Crippen LogP contribution in [0.4, 0.5) is 5.82 Å². The minimum Gasteiger partial charge on any atom is -0.356 e. The molecule has 2 saturated heterocycles. The predicted molar refractivity (Wildman–Crippen MR) is 110 cm³/mol. The Bertz CT molecular complexity index is 942. The average Bonchev–Trinajstić information content (AvgIpc) is 3.14. The molecule has 2 aliphatic rings. The zero-order valence-corrected chi connectivity index (χ0v) is 17.5. The number of nitrogens with zero attached hydrogens (tertiary/aromatic N) is 4. The van der Waals surface area contributed by atoms with Crippen molar-refractivity contribution < 1.29 is 13.2 Å². The molecule has 1 unspecified atom stereocenters. The van der Waals surface area contributed by atoms with Gasteiger partial charge in [0.05, 0.1) is 22.1 Å². The Kier molecular flexibility index (Phi) is 5.37. The van der Waals surface area contributed by atoms with Crippen LogP contribution < -0.4 is 4.90 Å². The van der Waals surface area contributed by atoms with Crippen molar-refractivity contribution in [2.24, 2.45) is 0 Å². The third kappa shape index (κ3) is 4.20. The van der Waals surface area contributed by atoms with Crippen LogP contribution in [0.2, 0.25) is 0 Å². The number of pyridine rings is 1. The van der Waals surface area contributed by atoms with E-state index in [2.05, 4.69) is 20.2 Å². The smallest absolute Gasteiger partial charge is 0.255 e. The SMILES string of the molecule is Cc1csc(C2CCCN(c3ccc(C(=O)N4CCS(=O)(=O)CC4)cn3)C2)n1. The average molecular weight is 421 g/mol. The highest BCUT2D eigenvalue weighted by atomic mass is 32.2. The lowest BCUT2D eigenvalue weighted by molar-refractivity contribution is 0.0770. The second-order valence-corrected chi connectivity index (χ2v) is 10.7. The van der Waals surface area contributed by atoms with Gasteiger partial charge in [0.1, 0.15) is 5.82 Å². The lowest BCUT2D eigenvalue weighted by atomic mass is 9.98. The Morgan fingerprint density at radius 2 is 2.00 bits per heavy atom. The minimum absolute atomic E-state index is 0.0373. The first kappa shape index (κ1) is 19.3. The highest BCUT2D eigenvalue weighted by molar-refractivity contribution is 7.91. The molecule has 9 heteroatoms. The molecule has 150 valence electrons. The number of piperidine rings is 1. The van der Waals surface area contributed by atoms with Crippen molar-refractivity contribution in [2.75, 3.05) is 42.6 Å². The minimum atomic E-state index is -3.00. The highest BCUT2D eigenvalue weighted by Crippen LogP contribution is 2.31. The summed E-state index contributed by atoms with van der Waals surface area (Å²) in [4.78, 5) is 25.6. The van der Waals surface area contributed by atoms with Gasteiger partial charge in [-0.15, -0.1) is 11.3 Å². The Labute approximate surface area is 169 Å². The Hall–Kier alpha value is -2.00. The third-order valence-corrected chi connectivity index (χ3v) is 8.09. The number of carbonyl (C=O) groups excluding carboxylic acids is 1. The zero-order chi connectivity index (χ0) is 19.7. The fourth-order valence-electron chi connectivity index (χ4n) is 3.74. The summed E-state index contributed by atoms with van der Waals surface area (Å²) in [5, 5.41) is 3.28. The van der Waals surface area contributed by atoms with Crippen LogP contribution in [0.15, 0.2) is 23.7 Å². The first-order valence-corrected chi connectivity index (χ1v) is 12.2. The lowest BCUT2D eigenvalue weighted by Crippen LogP contribution is -2.43. The molecule has 2 aliphatic heterocycles. The van der Waals surface area contributed by atoms with Gasteiger partial charge in [-0.05, 0) is 31.9 Å². The summed E-state index contributed by atoms with van der Waals surface area (Å²) in [7, 11) is -3.00. The van der Waals surface area contributed by atoms with E-state index in [0.29, 0.717) is 11.5 Å². The van der Waals surface area contributed by atoms with Gasteiger partial charge in [-0.2, -0.15) is 0 Å². The van der Waals surface area contributed by atoms with Crippen molar-refractivity contribution in [1.82, 2.24) is 14.9 Å². The number of hydrogen-bond acceptors (Lipinski definition) is 7. The molecule has 1 amide bonds. The molecule has 2 aromatic heterocycles. The quantitative estimate of drug-likeness (QED) is 0.756. The fourth-order valence-corrected chi connectivity index (χ4v) is 5.87. The lowest BCUT2D eigenvalue weighted by Gasteiger charge is -2.33. The molecule has 0 aliphatic carbocycles. The van der Waals surface area contributed by atoms with Gasteiger partial charge in [-0.3, -0.25) is 4.79 Å². The van der Waals surface area contributed by atoms with Crippen LogP contribution in [-0.4, -0.2) is 66.9 Å². The van der Waals surface area contributed by atoms with E-state index in [9.17, 15) is 13.2 Å². The number of sulfone groups is 1. The van der Waals surface area contributed by atoms with E-state index in [1.54, 1.807) is 28.5 Å². The van der Waals surface area contributed by atoms with Crippen molar-refractivity contribution >= 4 is 32.9 Å². The molecule has 4 heterocycles. The summed E-state index contributed by atoms with van der Waals surface area (Å²) < 4.78 is 23.1. The molecular weight excluding hydrogens is 396 g/mol. The van der Waals surface area contributed by atoms with Gasteiger partial charge in [0.25, 0.3) is 5.91 Å². The van der Waals surface area contributed by atoms with E-state index in [-0.39, 0.29) is 30.5 Å². The standard InChI is InChI=1S/C19H24N4O3S2/c1-14-13-27-18(21-14)16-3-2-6-23(12-16)17-5-4-15(11-20-17)19(24)22-7-9-28(25,26)10-8-22/h4-5,11,13,16H,2-3,6-10,12H2,1H3. The Morgan fingerprint density at radius 3 is 2.64 bits per heavy atom. The number of carbonyl (C=O) groups is 1. The van der Waals surface area contributed by atoms with Crippen molar-refractivity contribution in [2.45, 2.75) is 25.7 Å². The van der Waals surface area contributed by atoms with Crippen molar-refractivity contribution in [3.63, 3.8) is 0 Å². The number of rotatable bonds is 3. The van der Waals surface area contributed by atoms with E-state index in [0.717, 1.165) is 37.4 Å². The highest BCUT2D eigenvalue weighted by Gasteiger charge is 2.27. The number of aromatic nitrogens is 2. The molecule has 0 radical (unpaired) electrons. The van der Waals surface area contributed by atoms with Crippen LogP contribution >= 0.6 is 11.3 Å². The summed E-state index contributed by atoms with van der Waals surface area (Å²) in [5.41, 5.74) is 1.58. The fraction of sp³-hybridized carbons (Fsp3) is 0.526. The van der Waals surface area contributed by atoms with Crippen molar-refractivity contribution in [3.05, 3.63) is 40.0 Å². The maximum absolute atomic E-state index is 12.6. The summed E-state index contributed by atoms with van der Waals surface area (Å²) in [5.74, 6) is 1.22. The van der Waals surface area contributed by atoms with Crippen LogP contribution in [0.3, 0.4) is 0 Å². The molecule has 0 aromatic carbocycles. The summed E-state index contributed by atoms with van der Waals surface area (Å²) in [6.45, 7) is 4.37. The van der Waals surface area contributed by atoms with E-state index >= 15 is 0 Å². The van der Waals surface area contributed by atoms with Gasteiger partial charge in [-0.1, -0.05) is 0 Å². The van der Waals surface area contributed by atoms with Gasteiger partial charge in [0.15, 0.2) is 9.84 Å². The normalized spacial score (nSPS) is 22.2. The maximum atomic E-state index is 12.6. The second-order valence-electron chi connectivity index (χ2n) is 7.46. The maximum Gasteiger partial charge on any atom is 0.255 e. The van der Waals surface area contributed by atoms with E-state index in [1.165, 1.54) is 5.01 Å². The number of thiazole rings is 1. The Morgan fingerprint density at radius 1 is 1.21 bits per heavy atom. The molecule has 4 rings (SSSR count). The topological polar surface area (TPSA) is 83.5 Å². The number of anilines is 1.